The van der Waals surface area contributed by atoms with Gasteiger partial charge in [0, 0.05) is 24.1 Å². The van der Waals surface area contributed by atoms with Crippen LogP contribution in [0.25, 0.3) is 0 Å². The summed E-state index contributed by atoms with van der Waals surface area (Å²) in [5, 5.41) is 11.3. The van der Waals surface area contributed by atoms with E-state index in [1.54, 1.807) is 14.0 Å². The number of benzene rings is 1. The van der Waals surface area contributed by atoms with Crippen LogP contribution in [0.5, 0.6) is 0 Å². The highest BCUT2D eigenvalue weighted by Gasteiger charge is 2.15. The second-order valence-electron chi connectivity index (χ2n) is 4.40. The first-order valence-electron chi connectivity index (χ1n) is 5.87. The van der Waals surface area contributed by atoms with Gasteiger partial charge in [0.1, 0.15) is 0 Å². The number of carboxylic acids is 1. The predicted octanol–water partition coefficient (Wildman–Crippen LogP) is 2.45. The molecule has 19 heavy (non-hydrogen) atoms. The highest BCUT2D eigenvalue weighted by molar-refractivity contribution is 9.10. The number of carbonyl (C=O) groups is 2. The first-order valence-corrected chi connectivity index (χ1v) is 6.66. The van der Waals surface area contributed by atoms with Crippen molar-refractivity contribution in [2.24, 2.45) is 0 Å². The zero-order valence-corrected chi connectivity index (χ0v) is 12.5. The van der Waals surface area contributed by atoms with Crippen LogP contribution in [-0.2, 0) is 11.3 Å². The van der Waals surface area contributed by atoms with E-state index < -0.39 is 12.0 Å². The Morgan fingerprint density at radius 3 is 2.63 bits per heavy atom. The van der Waals surface area contributed by atoms with Gasteiger partial charge in [-0.1, -0.05) is 34.1 Å². The molecule has 2 N–H and O–H groups in total. The second kappa shape index (κ2) is 7.13. The monoisotopic (exact) mass is 328 g/mol. The molecule has 6 heteroatoms. The smallest absolute Gasteiger partial charge is 0.317 e. The molecule has 0 aliphatic rings. The van der Waals surface area contributed by atoms with Gasteiger partial charge in [0.15, 0.2) is 0 Å². The van der Waals surface area contributed by atoms with E-state index in [-0.39, 0.29) is 12.5 Å². The third-order valence-corrected chi connectivity index (χ3v) is 3.34. The maximum atomic E-state index is 11.9. The molecule has 104 valence electrons. The average Bonchev–Trinajstić information content (AvgIpc) is 2.30. The van der Waals surface area contributed by atoms with E-state index in [1.807, 2.05) is 24.3 Å². The normalized spacial score (nSPS) is 11.7. The molecule has 1 aromatic rings. The number of nitrogens with one attached hydrogen (secondary N) is 1. The van der Waals surface area contributed by atoms with Crippen molar-refractivity contribution in [3.63, 3.8) is 0 Å². The molecule has 0 spiro atoms. The van der Waals surface area contributed by atoms with E-state index in [4.69, 9.17) is 5.11 Å². The molecule has 0 fully saturated rings. The molecule has 0 saturated carbocycles. The highest BCUT2D eigenvalue weighted by atomic mass is 79.9. The number of carbonyl (C=O) groups excluding carboxylic acids is 1. The quantitative estimate of drug-likeness (QED) is 0.872. The summed E-state index contributed by atoms with van der Waals surface area (Å²) in [6.07, 6.45) is -0.0887. The van der Waals surface area contributed by atoms with Gasteiger partial charge >= 0.3 is 12.0 Å². The molecule has 1 atom stereocenters. The Kier molecular flexibility index (Phi) is 5.82. The molecule has 1 aromatic carbocycles. The van der Waals surface area contributed by atoms with Gasteiger partial charge in [-0.15, -0.1) is 0 Å². The Balaban J connectivity index is 2.54. The Labute approximate surface area is 120 Å². The van der Waals surface area contributed by atoms with Gasteiger partial charge in [0.2, 0.25) is 0 Å². The van der Waals surface area contributed by atoms with Gasteiger partial charge in [0.25, 0.3) is 0 Å². The van der Waals surface area contributed by atoms with E-state index in [9.17, 15) is 9.59 Å². The summed E-state index contributed by atoms with van der Waals surface area (Å²) in [6.45, 7) is 2.12. The van der Waals surface area contributed by atoms with Crippen LogP contribution < -0.4 is 5.32 Å². The molecule has 0 aliphatic heterocycles. The lowest BCUT2D eigenvalue weighted by atomic mass is 10.2. The van der Waals surface area contributed by atoms with Gasteiger partial charge in [-0.05, 0) is 18.6 Å². The topological polar surface area (TPSA) is 69.6 Å². The SMILES string of the molecule is CC(CC(=O)O)NC(=O)N(C)Cc1ccccc1Br. The maximum absolute atomic E-state index is 11.9. The lowest BCUT2D eigenvalue weighted by molar-refractivity contribution is -0.137. The van der Waals surface area contributed by atoms with Crippen LogP contribution in [0.2, 0.25) is 0 Å². The molecule has 0 radical (unpaired) electrons. The summed E-state index contributed by atoms with van der Waals surface area (Å²) in [5.74, 6) is -0.929. The second-order valence-corrected chi connectivity index (χ2v) is 5.25. The zero-order chi connectivity index (χ0) is 14.4. The Morgan fingerprint density at radius 2 is 2.05 bits per heavy atom. The molecular formula is C13H17BrN2O3. The molecule has 2 amide bonds. The van der Waals surface area contributed by atoms with Crippen LogP contribution in [0, 0.1) is 0 Å². The summed E-state index contributed by atoms with van der Waals surface area (Å²) in [4.78, 5) is 23.9. The number of amides is 2. The number of hydrogen-bond donors (Lipinski definition) is 2. The number of urea groups is 1. The Hall–Kier alpha value is -1.56. The standard InChI is InChI=1S/C13H17BrN2O3/c1-9(7-12(17)18)15-13(19)16(2)8-10-5-3-4-6-11(10)14/h3-6,9H,7-8H2,1-2H3,(H,15,19)(H,17,18). The van der Waals surface area contributed by atoms with Crippen LogP contribution in [0.4, 0.5) is 4.79 Å². The van der Waals surface area contributed by atoms with Crippen LogP contribution in [0.15, 0.2) is 28.7 Å². The number of halogens is 1. The van der Waals surface area contributed by atoms with Crippen LogP contribution >= 0.6 is 15.9 Å². The minimum absolute atomic E-state index is 0.0887. The third kappa shape index (κ3) is 5.30. The van der Waals surface area contributed by atoms with Crippen molar-refractivity contribution in [1.29, 1.82) is 0 Å². The van der Waals surface area contributed by atoms with E-state index in [1.165, 1.54) is 4.90 Å². The molecule has 0 aromatic heterocycles. The summed E-state index contributed by atoms with van der Waals surface area (Å²) in [7, 11) is 1.67. The number of rotatable bonds is 5. The predicted molar refractivity (Wildman–Crippen MR) is 75.9 cm³/mol. The number of nitrogens with zero attached hydrogens (tertiary/aromatic N) is 1. The summed E-state index contributed by atoms with van der Waals surface area (Å²) in [6, 6.07) is 6.96. The Morgan fingerprint density at radius 1 is 1.42 bits per heavy atom. The van der Waals surface area contributed by atoms with Crippen LogP contribution in [-0.4, -0.2) is 35.1 Å². The zero-order valence-electron chi connectivity index (χ0n) is 10.9. The fourth-order valence-electron chi connectivity index (χ4n) is 1.59. The molecular weight excluding hydrogens is 312 g/mol. The van der Waals surface area contributed by atoms with E-state index in [0.717, 1.165) is 10.0 Å². The Bertz CT molecular complexity index is 465. The third-order valence-electron chi connectivity index (χ3n) is 2.56. The van der Waals surface area contributed by atoms with Gasteiger partial charge in [0.05, 0.1) is 6.42 Å². The van der Waals surface area contributed by atoms with Gasteiger partial charge in [-0.25, -0.2) is 4.79 Å². The lowest BCUT2D eigenvalue weighted by Gasteiger charge is -2.21. The summed E-state index contributed by atoms with van der Waals surface area (Å²) in [5.41, 5.74) is 0.992. The summed E-state index contributed by atoms with van der Waals surface area (Å²) >= 11 is 3.42. The van der Waals surface area contributed by atoms with Gasteiger partial charge in [-0.3, -0.25) is 4.79 Å². The van der Waals surface area contributed by atoms with Crippen LogP contribution in [0.3, 0.4) is 0 Å². The van der Waals surface area contributed by atoms with Crippen molar-refractivity contribution in [2.45, 2.75) is 25.9 Å². The lowest BCUT2D eigenvalue weighted by Crippen LogP contribution is -2.42. The van der Waals surface area contributed by atoms with Gasteiger partial charge in [-0.2, -0.15) is 0 Å². The largest absolute Gasteiger partial charge is 0.481 e. The van der Waals surface area contributed by atoms with Crippen molar-refractivity contribution < 1.29 is 14.7 Å². The summed E-state index contributed by atoms with van der Waals surface area (Å²) < 4.78 is 0.938. The number of hydrogen-bond acceptors (Lipinski definition) is 2. The molecule has 5 nitrogen and oxygen atoms in total. The molecule has 0 bridgehead atoms. The first kappa shape index (κ1) is 15.5. The van der Waals surface area contributed by atoms with Crippen molar-refractivity contribution >= 4 is 27.9 Å². The number of aliphatic carboxylic acids is 1. The van der Waals surface area contributed by atoms with Crippen molar-refractivity contribution in [2.75, 3.05) is 7.05 Å². The molecule has 1 rings (SSSR count). The van der Waals surface area contributed by atoms with Crippen LogP contribution in [0.1, 0.15) is 18.9 Å². The fourth-order valence-corrected chi connectivity index (χ4v) is 2.00. The fraction of sp³-hybridized carbons (Fsp3) is 0.385. The van der Waals surface area contributed by atoms with E-state index >= 15 is 0 Å². The minimum Gasteiger partial charge on any atom is -0.481 e. The average molecular weight is 329 g/mol. The van der Waals surface area contributed by atoms with Crippen molar-refractivity contribution in [3.8, 4) is 0 Å². The minimum atomic E-state index is -0.929. The maximum Gasteiger partial charge on any atom is 0.317 e. The molecule has 0 saturated heterocycles. The molecule has 0 heterocycles. The van der Waals surface area contributed by atoms with E-state index in [0.29, 0.717) is 6.54 Å². The first-order chi connectivity index (χ1) is 8.90. The highest BCUT2D eigenvalue weighted by Crippen LogP contribution is 2.17. The van der Waals surface area contributed by atoms with Gasteiger partial charge < -0.3 is 15.3 Å². The van der Waals surface area contributed by atoms with Crippen molar-refractivity contribution in [1.82, 2.24) is 10.2 Å². The van der Waals surface area contributed by atoms with E-state index in [2.05, 4.69) is 21.2 Å². The number of carboxylic acid groups (broad SMARTS) is 1. The van der Waals surface area contributed by atoms with Crippen molar-refractivity contribution in [3.05, 3.63) is 34.3 Å². The molecule has 1 unspecified atom stereocenters. The molecule has 0 aliphatic carbocycles.